The Balaban J connectivity index is 1.54. The zero-order valence-corrected chi connectivity index (χ0v) is 11.8. The average molecular weight is 232 g/mol. The van der Waals surface area contributed by atoms with Crippen LogP contribution in [0, 0.1) is 46.8 Å². The van der Waals surface area contributed by atoms with Crippen molar-refractivity contribution in [1.82, 2.24) is 0 Å². The molecule has 0 amide bonds. The molecule has 4 bridgehead atoms. The Morgan fingerprint density at radius 1 is 0.882 bits per heavy atom. The summed E-state index contributed by atoms with van der Waals surface area (Å²) < 4.78 is 0. The first-order valence-corrected chi connectivity index (χ1v) is 8.07. The normalized spacial score (nSPS) is 59.1. The second kappa shape index (κ2) is 3.31. The van der Waals surface area contributed by atoms with Gasteiger partial charge < -0.3 is 0 Å². The SMILES string of the molecule is CC1C2C[C@H](C[C@@H]1C1CC3CC[C@@H]1C3)C2(C)C. The van der Waals surface area contributed by atoms with E-state index in [2.05, 4.69) is 20.8 Å². The quantitative estimate of drug-likeness (QED) is 0.612. The highest BCUT2D eigenvalue weighted by Crippen LogP contribution is 2.66. The highest BCUT2D eigenvalue weighted by molar-refractivity contribution is 5.07. The molecule has 0 aromatic rings. The molecule has 0 heterocycles. The lowest BCUT2D eigenvalue weighted by Gasteiger charge is -2.63. The van der Waals surface area contributed by atoms with Gasteiger partial charge >= 0.3 is 0 Å². The summed E-state index contributed by atoms with van der Waals surface area (Å²) in [6, 6.07) is 0. The zero-order valence-electron chi connectivity index (χ0n) is 11.8. The standard InChI is InChI=1S/C17H28/c1-10-14(8-13-9-16(10)17(13,2)3)15-7-11-4-5-12(15)6-11/h10-16H,4-9H2,1-3H3/t10?,11?,12-,13+,14+,15?,16?/m1/s1. The van der Waals surface area contributed by atoms with Crippen molar-refractivity contribution in [3.63, 3.8) is 0 Å². The molecule has 0 heteroatoms. The Labute approximate surface area is 107 Å². The van der Waals surface area contributed by atoms with E-state index in [0.717, 1.165) is 41.4 Å². The van der Waals surface area contributed by atoms with Crippen LogP contribution in [0.1, 0.15) is 59.3 Å². The molecule has 0 spiro atoms. The number of fused-ring (bicyclic) bond motifs is 4. The number of rotatable bonds is 1. The van der Waals surface area contributed by atoms with Gasteiger partial charge in [-0.1, -0.05) is 27.2 Å². The molecule has 0 aromatic carbocycles. The van der Waals surface area contributed by atoms with Crippen molar-refractivity contribution in [3.05, 3.63) is 0 Å². The molecule has 0 saturated heterocycles. The first-order valence-electron chi connectivity index (χ1n) is 8.07. The van der Waals surface area contributed by atoms with Crippen LogP contribution in [-0.2, 0) is 0 Å². The van der Waals surface area contributed by atoms with Gasteiger partial charge in [-0.25, -0.2) is 0 Å². The van der Waals surface area contributed by atoms with Crippen molar-refractivity contribution >= 4 is 0 Å². The number of hydrogen-bond acceptors (Lipinski definition) is 0. The molecule has 0 N–H and O–H groups in total. The van der Waals surface area contributed by atoms with Crippen LogP contribution in [0.5, 0.6) is 0 Å². The molecule has 7 atom stereocenters. The van der Waals surface area contributed by atoms with Gasteiger partial charge in [-0.15, -0.1) is 0 Å². The van der Waals surface area contributed by atoms with E-state index in [9.17, 15) is 0 Å². The second-order valence-electron chi connectivity index (χ2n) is 8.46. The summed E-state index contributed by atoms with van der Waals surface area (Å²) in [7, 11) is 0. The highest BCUT2D eigenvalue weighted by atomic mass is 14.6. The monoisotopic (exact) mass is 232 g/mol. The van der Waals surface area contributed by atoms with E-state index >= 15 is 0 Å². The Morgan fingerprint density at radius 2 is 1.71 bits per heavy atom. The first-order chi connectivity index (χ1) is 8.07. The van der Waals surface area contributed by atoms with E-state index in [0.29, 0.717) is 5.41 Å². The molecule has 0 aliphatic heterocycles. The maximum absolute atomic E-state index is 2.60. The summed E-state index contributed by atoms with van der Waals surface area (Å²) in [5.74, 6) is 7.71. The van der Waals surface area contributed by atoms with Crippen molar-refractivity contribution in [2.45, 2.75) is 59.3 Å². The van der Waals surface area contributed by atoms with Crippen LogP contribution in [0.3, 0.4) is 0 Å². The maximum atomic E-state index is 2.60. The molecular weight excluding hydrogens is 204 g/mol. The van der Waals surface area contributed by atoms with Crippen LogP contribution in [0.2, 0.25) is 0 Å². The third-order valence-electron chi connectivity index (χ3n) is 7.76. The fourth-order valence-corrected chi connectivity index (χ4v) is 6.57. The van der Waals surface area contributed by atoms with Gasteiger partial charge in [0.25, 0.3) is 0 Å². The minimum atomic E-state index is 0.688. The van der Waals surface area contributed by atoms with Gasteiger partial charge in [0.15, 0.2) is 0 Å². The Hall–Kier alpha value is 0. The first kappa shape index (κ1) is 10.9. The average Bonchev–Trinajstić information content (AvgIpc) is 2.90. The van der Waals surface area contributed by atoms with Crippen molar-refractivity contribution in [2.75, 3.05) is 0 Å². The molecule has 5 fully saturated rings. The fourth-order valence-electron chi connectivity index (χ4n) is 6.57. The summed E-state index contributed by atoms with van der Waals surface area (Å²) in [4.78, 5) is 0. The van der Waals surface area contributed by atoms with Gasteiger partial charge in [0.2, 0.25) is 0 Å². The zero-order chi connectivity index (χ0) is 11.8. The van der Waals surface area contributed by atoms with Crippen LogP contribution in [0.25, 0.3) is 0 Å². The molecule has 5 aliphatic carbocycles. The molecule has 5 rings (SSSR count). The van der Waals surface area contributed by atoms with Crippen LogP contribution in [-0.4, -0.2) is 0 Å². The van der Waals surface area contributed by atoms with Gasteiger partial charge in [-0.2, -0.15) is 0 Å². The van der Waals surface area contributed by atoms with E-state index in [-0.39, 0.29) is 0 Å². The summed E-state index contributed by atoms with van der Waals surface area (Å²) in [6.45, 7) is 7.68. The van der Waals surface area contributed by atoms with E-state index < -0.39 is 0 Å². The summed E-state index contributed by atoms with van der Waals surface area (Å²) >= 11 is 0. The van der Waals surface area contributed by atoms with E-state index in [4.69, 9.17) is 0 Å². The molecule has 4 unspecified atom stereocenters. The molecule has 5 saturated carbocycles. The lowest BCUT2D eigenvalue weighted by Crippen LogP contribution is -2.56. The summed E-state index contributed by atoms with van der Waals surface area (Å²) in [6.07, 6.45) is 9.51. The fraction of sp³-hybridized carbons (Fsp3) is 1.00. The topological polar surface area (TPSA) is 0 Å². The molecule has 5 aliphatic rings. The Morgan fingerprint density at radius 3 is 2.24 bits per heavy atom. The van der Waals surface area contributed by atoms with Gasteiger partial charge in [-0.3, -0.25) is 0 Å². The van der Waals surface area contributed by atoms with Crippen LogP contribution < -0.4 is 0 Å². The third-order valence-corrected chi connectivity index (χ3v) is 7.76. The molecule has 0 radical (unpaired) electrons. The third kappa shape index (κ3) is 1.31. The predicted molar refractivity (Wildman–Crippen MR) is 71.6 cm³/mol. The maximum Gasteiger partial charge on any atom is -0.0295 e. The molecule has 0 nitrogen and oxygen atoms in total. The van der Waals surface area contributed by atoms with Crippen molar-refractivity contribution < 1.29 is 0 Å². The Bertz CT molecular complexity index is 329. The number of hydrogen-bond donors (Lipinski definition) is 0. The molecule has 17 heavy (non-hydrogen) atoms. The molecule has 0 aromatic heterocycles. The second-order valence-corrected chi connectivity index (χ2v) is 8.46. The lowest BCUT2D eigenvalue weighted by molar-refractivity contribution is -0.144. The summed E-state index contributed by atoms with van der Waals surface area (Å²) in [5, 5.41) is 0. The van der Waals surface area contributed by atoms with Crippen molar-refractivity contribution in [1.29, 1.82) is 0 Å². The highest BCUT2D eigenvalue weighted by Gasteiger charge is 2.58. The van der Waals surface area contributed by atoms with Gasteiger partial charge in [0.1, 0.15) is 0 Å². The van der Waals surface area contributed by atoms with Crippen LogP contribution in [0.4, 0.5) is 0 Å². The van der Waals surface area contributed by atoms with E-state index in [1.807, 2.05) is 0 Å². The predicted octanol–water partition coefficient (Wildman–Crippen LogP) is 4.74. The Kier molecular flexibility index (Phi) is 2.12. The van der Waals surface area contributed by atoms with Crippen LogP contribution >= 0.6 is 0 Å². The van der Waals surface area contributed by atoms with Gasteiger partial charge in [0, 0.05) is 0 Å². The minimum Gasteiger partial charge on any atom is -0.0619 e. The minimum absolute atomic E-state index is 0.688. The lowest BCUT2D eigenvalue weighted by atomic mass is 9.42. The largest absolute Gasteiger partial charge is 0.0619 e. The van der Waals surface area contributed by atoms with E-state index in [1.54, 1.807) is 38.5 Å². The van der Waals surface area contributed by atoms with Gasteiger partial charge in [-0.05, 0) is 78.9 Å². The van der Waals surface area contributed by atoms with Gasteiger partial charge in [0.05, 0.1) is 0 Å². The van der Waals surface area contributed by atoms with Crippen molar-refractivity contribution in [2.24, 2.45) is 46.8 Å². The van der Waals surface area contributed by atoms with Crippen LogP contribution in [0.15, 0.2) is 0 Å². The molecule has 96 valence electrons. The van der Waals surface area contributed by atoms with Crippen molar-refractivity contribution in [3.8, 4) is 0 Å². The van der Waals surface area contributed by atoms with E-state index in [1.165, 1.54) is 0 Å². The molecular formula is C17H28. The summed E-state index contributed by atoms with van der Waals surface area (Å²) in [5.41, 5.74) is 0.688. The smallest absolute Gasteiger partial charge is 0.0295 e.